The minimum atomic E-state index is 0.597. The molecule has 1 heterocycles. The quantitative estimate of drug-likeness (QED) is 0.582. The molecule has 73 valence electrons. The van der Waals surface area contributed by atoms with Crippen molar-refractivity contribution in [2.24, 2.45) is 0 Å². The summed E-state index contributed by atoms with van der Waals surface area (Å²) < 4.78 is 1.85. The first-order chi connectivity index (χ1) is 5.89. The number of aromatic nitrogens is 2. The van der Waals surface area contributed by atoms with Crippen LogP contribution in [-0.2, 0) is 6.42 Å². The van der Waals surface area contributed by atoms with Gasteiger partial charge in [-0.25, -0.2) is 0 Å². The fraction of sp³-hybridized carbons (Fsp3) is 0.667. The van der Waals surface area contributed by atoms with Gasteiger partial charge in [-0.15, -0.1) is 0 Å². The molecule has 0 saturated heterocycles. The Labute approximate surface area is 88.0 Å². The van der Waals surface area contributed by atoms with E-state index in [0.717, 1.165) is 15.6 Å². The predicted molar refractivity (Wildman–Crippen MR) is 55.2 cm³/mol. The van der Waals surface area contributed by atoms with Crippen molar-refractivity contribution in [3.05, 3.63) is 11.9 Å². The third-order valence-electron chi connectivity index (χ3n) is 2.44. The van der Waals surface area contributed by atoms with Crippen LogP contribution in [0.25, 0.3) is 0 Å². The van der Waals surface area contributed by atoms with Crippen molar-refractivity contribution in [1.82, 2.24) is 9.97 Å². The van der Waals surface area contributed by atoms with Crippen molar-refractivity contribution >= 4 is 20.7 Å². The van der Waals surface area contributed by atoms with Gasteiger partial charge in [0.15, 0.2) is 0 Å². The Morgan fingerprint density at radius 2 is 2.15 bits per heavy atom. The van der Waals surface area contributed by atoms with E-state index in [-0.39, 0.29) is 0 Å². The van der Waals surface area contributed by atoms with Crippen LogP contribution in [0.2, 0.25) is 0 Å². The number of aromatic amines is 1. The number of nitrogens with one attached hydrogen (secondary N) is 1. The number of hydrogen-bond acceptors (Lipinski definition) is 1. The van der Waals surface area contributed by atoms with Crippen LogP contribution < -0.4 is 4.72 Å². The van der Waals surface area contributed by atoms with Crippen molar-refractivity contribution in [2.45, 2.75) is 19.4 Å². The summed E-state index contributed by atoms with van der Waals surface area (Å²) >= 11 is 2.86. The molecule has 1 atom stereocenters. The molecule has 0 fully saturated rings. The molecule has 0 aromatic carbocycles. The van der Waals surface area contributed by atoms with Gasteiger partial charge in [-0.2, -0.15) is 0 Å². The third kappa shape index (κ3) is 3.14. The summed E-state index contributed by atoms with van der Waals surface area (Å²) in [5, 5.41) is 0. The van der Waals surface area contributed by atoms with Crippen LogP contribution >= 0.6 is 0 Å². The second-order valence-electron chi connectivity index (χ2n) is 4.38. The van der Waals surface area contributed by atoms with Gasteiger partial charge in [0.05, 0.1) is 0 Å². The first-order valence-corrected chi connectivity index (χ1v) is 5.27. The van der Waals surface area contributed by atoms with Gasteiger partial charge in [0.25, 0.3) is 0 Å². The molecule has 1 aromatic rings. The van der Waals surface area contributed by atoms with Crippen LogP contribution in [0.5, 0.6) is 0 Å². The molecule has 1 aromatic heterocycles. The van der Waals surface area contributed by atoms with Crippen LogP contribution in [-0.4, -0.2) is 57.6 Å². The summed E-state index contributed by atoms with van der Waals surface area (Å²) in [7, 11) is 6.63. The number of rotatable bonds is 3. The number of likely N-dealkylation sites (N-methyl/N-ethyl adjacent to an activating group) is 1. The average Bonchev–Trinajstić information content (AvgIpc) is 2.33. The SMILES string of the molecule is CC(Cc1cnc([Se])[nH]1)[N+](C)(C)C. The van der Waals surface area contributed by atoms with Gasteiger partial charge in [-0.1, -0.05) is 0 Å². The van der Waals surface area contributed by atoms with Gasteiger partial charge in [0.1, 0.15) is 0 Å². The molecule has 1 N–H and O–H groups in total. The van der Waals surface area contributed by atoms with E-state index in [2.05, 4.69) is 54.0 Å². The van der Waals surface area contributed by atoms with E-state index in [0.29, 0.717) is 6.04 Å². The van der Waals surface area contributed by atoms with E-state index < -0.39 is 0 Å². The van der Waals surface area contributed by atoms with E-state index in [9.17, 15) is 0 Å². The first kappa shape index (κ1) is 10.8. The number of H-pyrrole nitrogens is 1. The summed E-state index contributed by atoms with van der Waals surface area (Å²) in [6.07, 6.45) is 2.94. The third-order valence-corrected chi connectivity index (χ3v) is 2.88. The van der Waals surface area contributed by atoms with Gasteiger partial charge in [0.2, 0.25) is 0 Å². The van der Waals surface area contributed by atoms with Crippen molar-refractivity contribution < 1.29 is 4.48 Å². The molecule has 0 aliphatic heterocycles. The van der Waals surface area contributed by atoms with E-state index in [1.165, 1.54) is 5.69 Å². The van der Waals surface area contributed by atoms with E-state index in [4.69, 9.17) is 0 Å². The molecular weight excluding hydrogens is 229 g/mol. The molecule has 1 radical (unpaired) electrons. The normalized spacial score (nSPS) is 14.5. The van der Waals surface area contributed by atoms with Crippen molar-refractivity contribution in [2.75, 3.05) is 21.1 Å². The molecule has 4 heteroatoms. The second-order valence-corrected chi connectivity index (χ2v) is 5.19. The van der Waals surface area contributed by atoms with Crippen LogP contribution in [0.4, 0.5) is 0 Å². The molecule has 0 aliphatic carbocycles. The molecule has 0 bridgehead atoms. The minimum absolute atomic E-state index is 0.597. The molecule has 3 nitrogen and oxygen atoms in total. The summed E-state index contributed by atoms with van der Waals surface area (Å²) in [5.74, 6) is 0. The zero-order chi connectivity index (χ0) is 10.1. The molecule has 0 saturated carbocycles. The van der Waals surface area contributed by atoms with Crippen LogP contribution in [0.15, 0.2) is 6.20 Å². The average molecular weight is 246 g/mol. The zero-order valence-electron chi connectivity index (χ0n) is 8.66. The van der Waals surface area contributed by atoms with E-state index in [1.54, 1.807) is 0 Å². The number of imidazole rings is 1. The Bertz CT molecular complexity index is 275. The predicted octanol–water partition coefficient (Wildman–Crippen LogP) is -0.159. The fourth-order valence-electron chi connectivity index (χ4n) is 1.03. The Morgan fingerprint density at radius 1 is 1.54 bits per heavy atom. The molecule has 0 spiro atoms. The summed E-state index contributed by atoms with van der Waals surface area (Å²) in [4.78, 5) is 7.34. The molecule has 13 heavy (non-hydrogen) atoms. The maximum atomic E-state index is 4.13. The van der Waals surface area contributed by atoms with Crippen molar-refractivity contribution in [3.8, 4) is 0 Å². The molecule has 0 aliphatic rings. The monoisotopic (exact) mass is 247 g/mol. The Morgan fingerprint density at radius 3 is 2.54 bits per heavy atom. The van der Waals surface area contributed by atoms with Crippen LogP contribution in [0.3, 0.4) is 0 Å². The van der Waals surface area contributed by atoms with Gasteiger partial charge < -0.3 is 0 Å². The fourth-order valence-corrected chi connectivity index (χ4v) is 1.42. The van der Waals surface area contributed by atoms with Crippen molar-refractivity contribution in [3.63, 3.8) is 0 Å². The summed E-state index contributed by atoms with van der Waals surface area (Å²) in [6.45, 7) is 2.25. The number of quaternary nitrogens is 1. The second kappa shape index (κ2) is 3.82. The standard InChI is InChI=1S/C9H17N3Se/c1-7(12(2,3)4)5-8-6-10-9(13)11-8/h6-7H,5H2,1-4H3,(H,10,11)/q+1. The molecular formula is C9H17N3Se+. The first-order valence-electron chi connectivity index (χ1n) is 4.41. The Balaban J connectivity index is 2.60. The summed E-state index contributed by atoms with van der Waals surface area (Å²) in [5.41, 5.74) is 1.20. The van der Waals surface area contributed by atoms with Gasteiger partial charge in [-0.3, -0.25) is 0 Å². The molecule has 1 rings (SSSR count). The van der Waals surface area contributed by atoms with E-state index >= 15 is 0 Å². The maximum absolute atomic E-state index is 4.13. The zero-order valence-corrected chi connectivity index (χ0v) is 10.4. The summed E-state index contributed by atoms with van der Waals surface area (Å²) in [6, 6.07) is 0.597. The Kier molecular flexibility index (Phi) is 3.17. The Hall–Kier alpha value is -0.311. The topological polar surface area (TPSA) is 28.7 Å². The number of nitrogens with zero attached hydrogens (tertiary/aromatic N) is 2. The molecule has 1 unspecified atom stereocenters. The van der Waals surface area contributed by atoms with Crippen LogP contribution in [0, 0.1) is 0 Å². The van der Waals surface area contributed by atoms with Crippen molar-refractivity contribution in [1.29, 1.82) is 0 Å². The van der Waals surface area contributed by atoms with Crippen LogP contribution in [0.1, 0.15) is 12.6 Å². The van der Waals surface area contributed by atoms with Gasteiger partial charge >= 0.3 is 87.6 Å². The van der Waals surface area contributed by atoms with E-state index in [1.807, 2.05) is 6.20 Å². The number of hydrogen-bond donors (Lipinski definition) is 1. The van der Waals surface area contributed by atoms with Gasteiger partial charge in [-0.05, 0) is 0 Å². The van der Waals surface area contributed by atoms with Gasteiger partial charge in [0, 0.05) is 0 Å². The molecule has 0 amide bonds.